The van der Waals surface area contributed by atoms with E-state index < -0.39 is 17.9 Å². The number of rotatable bonds is 6. The highest BCUT2D eigenvalue weighted by atomic mass is 79.9. The van der Waals surface area contributed by atoms with Crippen molar-refractivity contribution in [2.45, 2.75) is 32.7 Å². The Morgan fingerprint density at radius 3 is 2.36 bits per heavy atom. The van der Waals surface area contributed by atoms with Gasteiger partial charge in [-0.1, -0.05) is 48.0 Å². The molecule has 2 aromatic carbocycles. The van der Waals surface area contributed by atoms with Crippen LogP contribution in [0.3, 0.4) is 0 Å². The van der Waals surface area contributed by atoms with Gasteiger partial charge in [0.1, 0.15) is 6.04 Å². The van der Waals surface area contributed by atoms with Gasteiger partial charge < -0.3 is 15.2 Å². The predicted octanol–water partition coefficient (Wildman–Crippen LogP) is 4.64. The van der Waals surface area contributed by atoms with E-state index in [0.717, 1.165) is 10.9 Å². The zero-order chi connectivity index (χ0) is 25.7. The van der Waals surface area contributed by atoms with Crippen LogP contribution in [0.15, 0.2) is 71.6 Å². The summed E-state index contributed by atoms with van der Waals surface area (Å²) in [6.45, 7) is 5.38. The fourth-order valence-electron chi connectivity index (χ4n) is 4.69. The number of imide groups is 1. The zero-order valence-electron chi connectivity index (χ0n) is 20.4. The second kappa shape index (κ2) is 11.5. The lowest BCUT2D eigenvalue weighted by Crippen LogP contribution is -2.57. The number of nitrogens with zero attached hydrogens (tertiary/aromatic N) is 3. The maximum Gasteiger partial charge on any atom is 0.331 e. The van der Waals surface area contributed by atoms with Crippen LogP contribution in [0.4, 0.5) is 10.5 Å². The number of nitrogens with one attached hydrogen (secondary N) is 2. The van der Waals surface area contributed by atoms with Crippen LogP contribution < -0.4 is 10.2 Å². The molecule has 0 radical (unpaired) electrons. The highest BCUT2D eigenvalue weighted by Crippen LogP contribution is 2.26. The van der Waals surface area contributed by atoms with Crippen LogP contribution in [0.2, 0.25) is 0 Å². The fraction of sp³-hybridized carbons (Fsp3) is 0.333. The highest BCUT2D eigenvalue weighted by molar-refractivity contribution is 9.10. The molecule has 4 rings (SSSR count). The summed E-state index contributed by atoms with van der Waals surface area (Å²) in [4.78, 5) is 51.0. The Hall–Kier alpha value is -3.46. The van der Waals surface area contributed by atoms with Crippen molar-refractivity contribution < 1.29 is 14.4 Å². The van der Waals surface area contributed by atoms with Gasteiger partial charge in [-0.05, 0) is 54.7 Å². The van der Waals surface area contributed by atoms with E-state index in [-0.39, 0.29) is 12.5 Å². The number of anilines is 1. The number of piperidine rings is 1. The molecule has 9 heteroatoms. The van der Waals surface area contributed by atoms with Gasteiger partial charge in [-0.15, -0.1) is 0 Å². The molecule has 36 heavy (non-hydrogen) atoms. The number of hydrogen-bond acceptors (Lipinski definition) is 4. The molecule has 3 atom stereocenters. The largest absolute Gasteiger partial charge is 0.348 e. The van der Waals surface area contributed by atoms with Gasteiger partial charge in [-0.3, -0.25) is 9.59 Å². The van der Waals surface area contributed by atoms with E-state index >= 15 is 0 Å². The van der Waals surface area contributed by atoms with E-state index in [4.69, 9.17) is 0 Å². The van der Waals surface area contributed by atoms with E-state index in [0.29, 0.717) is 41.9 Å². The minimum absolute atomic E-state index is 0.157. The Labute approximate surface area is 219 Å². The molecule has 0 bridgehead atoms. The monoisotopic (exact) mass is 551 g/mol. The lowest BCUT2D eigenvalue weighted by Gasteiger charge is -2.38. The minimum atomic E-state index is -0.995. The lowest BCUT2D eigenvalue weighted by atomic mass is 9.92. The molecule has 0 aliphatic carbocycles. The van der Waals surface area contributed by atoms with Crippen LogP contribution in [0.5, 0.6) is 0 Å². The average Bonchev–Trinajstić information content (AvgIpc) is 3.38. The Kier molecular flexibility index (Phi) is 8.20. The third kappa shape index (κ3) is 6.20. The molecular weight excluding hydrogens is 522 g/mol. The van der Waals surface area contributed by atoms with Gasteiger partial charge >= 0.3 is 6.03 Å². The molecule has 3 aromatic rings. The summed E-state index contributed by atoms with van der Waals surface area (Å²) in [5, 5.41) is 2.85. The van der Waals surface area contributed by atoms with Crippen molar-refractivity contribution in [2.75, 3.05) is 18.0 Å². The SMILES string of the molecule is C[C@@H]1C[C@H](C)CN(C(=O)N(C(=O)[C@H](Cc2cnc[nH]2)NC(=O)c2ccccc2)c2ccc(Br)cc2)C1. The summed E-state index contributed by atoms with van der Waals surface area (Å²) in [5.41, 5.74) is 1.55. The number of halogens is 1. The van der Waals surface area contributed by atoms with Crippen LogP contribution in [0.1, 0.15) is 36.3 Å². The minimum Gasteiger partial charge on any atom is -0.348 e. The predicted molar refractivity (Wildman–Crippen MR) is 142 cm³/mol. The standard InChI is InChI=1S/C27H30BrN5O3/c1-18-12-19(2)16-32(15-18)27(36)33(23-10-8-21(28)9-11-23)26(35)24(13-22-14-29-17-30-22)31-25(34)20-6-4-3-5-7-20/h3-11,14,17-19,24H,12-13,15-16H2,1-2H3,(H,29,30)(H,31,34)/t18-,19+,24-/m0/s1. The van der Waals surface area contributed by atoms with Crippen LogP contribution in [-0.2, 0) is 11.2 Å². The normalized spacial score (nSPS) is 18.4. The van der Waals surface area contributed by atoms with Gasteiger partial charge in [0, 0.05) is 41.4 Å². The first-order valence-electron chi connectivity index (χ1n) is 12.0. The van der Waals surface area contributed by atoms with E-state index in [9.17, 15) is 14.4 Å². The van der Waals surface area contributed by atoms with Crippen molar-refractivity contribution in [1.82, 2.24) is 20.2 Å². The molecule has 0 unspecified atom stereocenters. The van der Waals surface area contributed by atoms with Crippen molar-refractivity contribution in [1.29, 1.82) is 0 Å². The molecule has 1 fully saturated rings. The fourth-order valence-corrected chi connectivity index (χ4v) is 4.95. The third-order valence-electron chi connectivity index (χ3n) is 6.25. The number of benzene rings is 2. The summed E-state index contributed by atoms with van der Waals surface area (Å²) in [5.74, 6) is -0.236. The Morgan fingerprint density at radius 1 is 1.08 bits per heavy atom. The Balaban J connectivity index is 1.68. The molecule has 8 nitrogen and oxygen atoms in total. The first kappa shape index (κ1) is 25.6. The van der Waals surface area contributed by atoms with E-state index in [1.807, 2.05) is 6.07 Å². The molecular formula is C27H30BrN5O3. The number of H-pyrrole nitrogens is 1. The number of carbonyl (C=O) groups excluding carboxylic acids is 3. The summed E-state index contributed by atoms with van der Waals surface area (Å²) < 4.78 is 0.831. The van der Waals surface area contributed by atoms with Gasteiger partial charge in [0.15, 0.2) is 0 Å². The summed E-state index contributed by atoms with van der Waals surface area (Å²) in [6, 6.07) is 14.4. The van der Waals surface area contributed by atoms with Crippen LogP contribution in [0.25, 0.3) is 0 Å². The number of aromatic nitrogens is 2. The van der Waals surface area contributed by atoms with Crippen LogP contribution in [0, 0.1) is 11.8 Å². The van der Waals surface area contributed by atoms with Crippen LogP contribution >= 0.6 is 15.9 Å². The second-order valence-electron chi connectivity index (χ2n) is 9.46. The van der Waals surface area contributed by atoms with E-state index in [1.54, 1.807) is 59.6 Å². The molecule has 1 aromatic heterocycles. The first-order chi connectivity index (χ1) is 17.3. The van der Waals surface area contributed by atoms with E-state index in [2.05, 4.69) is 45.1 Å². The Bertz CT molecular complexity index is 1170. The highest BCUT2D eigenvalue weighted by Gasteiger charge is 2.36. The number of hydrogen-bond donors (Lipinski definition) is 2. The first-order valence-corrected chi connectivity index (χ1v) is 12.8. The van der Waals surface area contributed by atoms with Gasteiger partial charge in [0.2, 0.25) is 0 Å². The molecule has 2 heterocycles. The van der Waals surface area contributed by atoms with Crippen molar-refractivity contribution in [3.63, 3.8) is 0 Å². The Morgan fingerprint density at radius 2 is 1.75 bits per heavy atom. The number of imidazole rings is 1. The molecule has 1 saturated heterocycles. The van der Waals surface area contributed by atoms with Crippen LogP contribution in [-0.4, -0.2) is 51.8 Å². The maximum atomic E-state index is 14.1. The number of likely N-dealkylation sites (tertiary alicyclic amines) is 1. The average molecular weight is 552 g/mol. The van der Waals surface area contributed by atoms with Gasteiger partial charge in [0.25, 0.3) is 11.8 Å². The smallest absolute Gasteiger partial charge is 0.331 e. The number of aromatic amines is 1. The molecule has 0 saturated carbocycles. The molecule has 1 aliphatic heterocycles. The van der Waals surface area contributed by atoms with Crippen molar-refractivity contribution in [3.8, 4) is 0 Å². The molecule has 2 N–H and O–H groups in total. The topological polar surface area (TPSA) is 98.4 Å². The summed E-state index contributed by atoms with van der Waals surface area (Å²) in [6.07, 6.45) is 4.31. The number of amides is 4. The van der Waals surface area contributed by atoms with Crippen molar-refractivity contribution >= 4 is 39.5 Å². The van der Waals surface area contributed by atoms with E-state index in [1.165, 1.54) is 11.2 Å². The number of carbonyl (C=O) groups is 3. The molecule has 4 amide bonds. The second-order valence-corrected chi connectivity index (χ2v) is 10.4. The van der Waals surface area contributed by atoms with Gasteiger partial charge in [-0.2, -0.15) is 0 Å². The third-order valence-corrected chi connectivity index (χ3v) is 6.78. The van der Waals surface area contributed by atoms with Gasteiger partial charge in [-0.25, -0.2) is 14.7 Å². The van der Waals surface area contributed by atoms with Gasteiger partial charge in [0.05, 0.1) is 12.0 Å². The molecule has 0 spiro atoms. The summed E-state index contributed by atoms with van der Waals surface area (Å²) >= 11 is 3.42. The number of urea groups is 1. The zero-order valence-corrected chi connectivity index (χ0v) is 21.9. The lowest BCUT2D eigenvalue weighted by molar-refractivity contribution is -0.119. The van der Waals surface area contributed by atoms with Crippen molar-refractivity contribution in [3.05, 3.63) is 82.9 Å². The maximum absolute atomic E-state index is 14.1. The summed E-state index contributed by atoms with van der Waals surface area (Å²) in [7, 11) is 0. The molecule has 1 aliphatic rings. The molecule has 188 valence electrons. The quantitative estimate of drug-likeness (QED) is 0.466. The van der Waals surface area contributed by atoms with Crippen molar-refractivity contribution in [2.24, 2.45) is 11.8 Å².